The van der Waals surface area contributed by atoms with E-state index in [2.05, 4.69) is 15.3 Å². The third-order valence-electron chi connectivity index (χ3n) is 4.46. The maximum absolute atomic E-state index is 13.1. The Bertz CT molecular complexity index is 1010. The Morgan fingerprint density at radius 1 is 1.17 bits per heavy atom. The number of nitrogen functional groups attached to an aromatic ring is 1. The number of hydrogen-bond acceptors (Lipinski definition) is 6. The summed E-state index contributed by atoms with van der Waals surface area (Å²) in [6, 6.07) is 13.4. The molecule has 148 valence electrons. The number of halogens is 1. The van der Waals surface area contributed by atoms with Crippen molar-refractivity contribution in [2.24, 2.45) is 5.92 Å². The summed E-state index contributed by atoms with van der Waals surface area (Å²) in [4.78, 5) is 22.1. The molecule has 0 unspecified atom stereocenters. The highest BCUT2D eigenvalue weighted by molar-refractivity contribution is 7.99. The fraction of sp³-hybridized carbons (Fsp3) is 0.190. The monoisotopic (exact) mass is 410 g/mol. The number of hydrogen-bond donors (Lipinski definition) is 2. The summed E-state index contributed by atoms with van der Waals surface area (Å²) in [5, 5.41) is 2.79. The first-order valence-electron chi connectivity index (χ1n) is 9.09. The van der Waals surface area contributed by atoms with Crippen LogP contribution in [0, 0.1) is 11.7 Å². The molecule has 0 bridgehead atoms. The Morgan fingerprint density at radius 2 is 1.90 bits per heavy atom. The predicted molar refractivity (Wildman–Crippen MR) is 111 cm³/mol. The minimum absolute atomic E-state index is 0.0234. The maximum Gasteiger partial charge on any atom is 0.278 e. The topological polar surface area (TPSA) is 90.1 Å². The third kappa shape index (κ3) is 4.72. The number of anilines is 2. The number of thioether (sulfide) groups is 1. The molecular weight excluding hydrogens is 391 g/mol. The lowest BCUT2D eigenvalue weighted by Crippen LogP contribution is -2.29. The summed E-state index contributed by atoms with van der Waals surface area (Å²) in [5.41, 5.74) is 7.60. The summed E-state index contributed by atoms with van der Waals surface area (Å²) >= 11 is 1.77. The van der Waals surface area contributed by atoms with Gasteiger partial charge in [-0.2, -0.15) is 0 Å². The van der Waals surface area contributed by atoms with Crippen LogP contribution in [0.4, 0.5) is 15.9 Å². The zero-order chi connectivity index (χ0) is 20.2. The molecule has 1 amide bonds. The number of nitrogens with zero attached hydrogens (tertiary/aromatic N) is 2. The second-order valence-electron chi connectivity index (χ2n) is 6.69. The SMILES string of the molecule is Nc1ncc(-c2ccc(F)cc2)nc1C(=O)Nc1ccc(SCC2COC2)cc1. The first-order valence-corrected chi connectivity index (χ1v) is 10.1. The zero-order valence-electron chi connectivity index (χ0n) is 15.5. The molecule has 0 spiro atoms. The van der Waals surface area contributed by atoms with E-state index in [9.17, 15) is 9.18 Å². The van der Waals surface area contributed by atoms with E-state index in [1.54, 1.807) is 23.9 Å². The molecular formula is C21H19FN4O2S. The van der Waals surface area contributed by atoms with Gasteiger partial charge in [0.05, 0.1) is 25.1 Å². The molecule has 6 nitrogen and oxygen atoms in total. The highest BCUT2D eigenvalue weighted by Gasteiger charge is 2.18. The lowest BCUT2D eigenvalue weighted by molar-refractivity contribution is -0.0196. The Morgan fingerprint density at radius 3 is 2.55 bits per heavy atom. The summed E-state index contributed by atoms with van der Waals surface area (Å²) < 4.78 is 18.3. The van der Waals surface area contributed by atoms with Crippen LogP contribution in [0.1, 0.15) is 10.5 Å². The Hall–Kier alpha value is -2.97. The molecule has 1 aromatic heterocycles. The molecule has 0 saturated carbocycles. The molecule has 2 aromatic carbocycles. The van der Waals surface area contributed by atoms with Crippen LogP contribution in [0.2, 0.25) is 0 Å². The Labute approximate surface area is 171 Å². The number of nitrogens with two attached hydrogens (primary N) is 1. The van der Waals surface area contributed by atoms with Gasteiger partial charge in [0.1, 0.15) is 5.82 Å². The van der Waals surface area contributed by atoms with Gasteiger partial charge >= 0.3 is 0 Å². The Balaban J connectivity index is 1.44. The van der Waals surface area contributed by atoms with Gasteiger partial charge in [0, 0.05) is 27.8 Å². The van der Waals surface area contributed by atoms with Crippen molar-refractivity contribution < 1.29 is 13.9 Å². The fourth-order valence-electron chi connectivity index (χ4n) is 2.74. The minimum Gasteiger partial charge on any atom is -0.382 e. The van der Waals surface area contributed by atoms with E-state index >= 15 is 0 Å². The first-order chi connectivity index (χ1) is 14.1. The zero-order valence-corrected chi connectivity index (χ0v) is 16.3. The average Bonchev–Trinajstić information content (AvgIpc) is 2.69. The first kappa shape index (κ1) is 19.4. The molecule has 1 aliphatic heterocycles. The molecule has 2 heterocycles. The number of nitrogens with one attached hydrogen (secondary N) is 1. The van der Waals surface area contributed by atoms with Crippen molar-refractivity contribution in [1.82, 2.24) is 9.97 Å². The van der Waals surface area contributed by atoms with Gasteiger partial charge in [0.25, 0.3) is 5.91 Å². The molecule has 29 heavy (non-hydrogen) atoms. The number of benzene rings is 2. The summed E-state index contributed by atoms with van der Waals surface area (Å²) in [6.07, 6.45) is 1.46. The number of ether oxygens (including phenoxy) is 1. The number of carbonyl (C=O) groups excluding carboxylic acids is 1. The van der Waals surface area contributed by atoms with Gasteiger partial charge in [-0.15, -0.1) is 11.8 Å². The van der Waals surface area contributed by atoms with Gasteiger partial charge < -0.3 is 15.8 Å². The maximum atomic E-state index is 13.1. The van der Waals surface area contributed by atoms with E-state index in [-0.39, 0.29) is 17.3 Å². The number of aromatic nitrogens is 2. The van der Waals surface area contributed by atoms with Gasteiger partial charge in [-0.25, -0.2) is 14.4 Å². The molecule has 4 rings (SSSR count). The van der Waals surface area contributed by atoms with E-state index in [0.29, 0.717) is 22.9 Å². The quantitative estimate of drug-likeness (QED) is 0.600. The van der Waals surface area contributed by atoms with E-state index in [0.717, 1.165) is 23.9 Å². The molecule has 0 atom stereocenters. The van der Waals surface area contributed by atoms with Gasteiger partial charge in [-0.1, -0.05) is 0 Å². The molecule has 3 N–H and O–H groups in total. The van der Waals surface area contributed by atoms with Gasteiger partial charge in [0.2, 0.25) is 0 Å². The third-order valence-corrected chi connectivity index (χ3v) is 5.70. The van der Waals surface area contributed by atoms with Gasteiger partial charge in [-0.3, -0.25) is 4.79 Å². The minimum atomic E-state index is -0.453. The molecule has 1 saturated heterocycles. The van der Waals surface area contributed by atoms with E-state index in [1.807, 2.05) is 24.3 Å². The van der Waals surface area contributed by atoms with Crippen LogP contribution in [0.5, 0.6) is 0 Å². The van der Waals surface area contributed by atoms with Crippen LogP contribution < -0.4 is 11.1 Å². The highest BCUT2D eigenvalue weighted by atomic mass is 32.2. The van der Waals surface area contributed by atoms with Crippen LogP contribution in [0.3, 0.4) is 0 Å². The molecule has 0 radical (unpaired) electrons. The van der Waals surface area contributed by atoms with Crippen molar-refractivity contribution in [2.45, 2.75) is 4.90 Å². The van der Waals surface area contributed by atoms with Crippen LogP contribution in [-0.2, 0) is 4.74 Å². The average molecular weight is 410 g/mol. The molecule has 0 aliphatic carbocycles. The molecule has 1 aliphatic rings. The van der Waals surface area contributed by atoms with Crippen molar-refractivity contribution >= 4 is 29.2 Å². The largest absolute Gasteiger partial charge is 0.382 e. The normalized spacial score (nSPS) is 13.7. The standard InChI is InChI=1S/C21H19FN4O2S/c22-15-3-1-14(2-4-15)18-9-24-20(23)19(26-18)21(27)25-16-5-7-17(8-6-16)29-12-13-10-28-11-13/h1-9,13H,10-12H2,(H2,23,24)(H,25,27). The molecule has 3 aromatic rings. The molecule has 1 fully saturated rings. The van der Waals surface area contributed by atoms with E-state index in [1.165, 1.54) is 18.3 Å². The van der Waals surface area contributed by atoms with Crippen molar-refractivity contribution in [3.8, 4) is 11.3 Å². The number of rotatable bonds is 6. The van der Waals surface area contributed by atoms with Crippen LogP contribution in [0.15, 0.2) is 59.6 Å². The second-order valence-corrected chi connectivity index (χ2v) is 7.78. The summed E-state index contributed by atoms with van der Waals surface area (Å²) in [7, 11) is 0. The van der Waals surface area contributed by atoms with Gasteiger partial charge in [-0.05, 0) is 48.5 Å². The van der Waals surface area contributed by atoms with Crippen molar-refractivity contribution in [2.75, 3.05) is 30.0 Å². The van der Waals surface area contributed by atoms with Gasteiger partial charge in [0.15, 0.2) is 11.5 Å². The fourth-order valence-corrected chi connectivity index (χ4v) is 3.69. The Kier molecular flexibility index (Phi) is 5.73. The number of carbonyl (C=O) groups is 1. The molecule has 8 heteroatoms. The smallest absolute Gasteiger partial charge is 0.278 e. The van der Waals surface area contributed by atoms with Crippen LogP contribution in [-0.4, -0.2) is 34.8 Å². The second kappa shape index (κ2) is 8.59. The van der Waals surface area contributed by atoms with Crippen LogP contribution >= 0.6 is 11.8 Å². The van der Waals surface area contributed by atoms with Crippen molar-refractivity contribution in [3.05, 3.63) is 66.2 Å². The number of amides is 1. The van der Waals surface area contributed by atoms with E-state index < -0.39 is 5.91 Å². The highest BCUT2D eigenvalue weighted by Crippen LogP contribution is 2.26. The van der Waals surface area contributed by atoms with Crippen LogP contribution in [0.25, 0.3) is 11.3 Å². The van der Waals surface area contributed by atoms with Crippen molar-refractivity contribution in [3.63, 3.8) is 0 Å². The van der Waals surface area contributed by atoms with Crippen molar-refractivity contribution in [1.29, 1.82) is 0 Å². The van der Waals surface area contributed by atoms with E-state index in [4.69, 9.17) is 10.5 Å². The lowest BCUT2D eigenvalue weighted by atomic mass is 10.1. The summed E-state index contributed by atoms with van der Waals surface area (Å²) in [5.74, 6) is 0.870. The summed E-state index contributed by atoms with van der Waals surface area (Å²) in [6.45, 7) is 1.67. The predicted octanol–water partition coefficient (Wildman–Crippen LogP) is 3.86. The lowest BCUT2D eigenvalue weighted by Gasteiger charge is -2.25.